The van der Waals surface area contributed by atoms with E-state index in [2.05, 4.69) is 66.5 Å². The summed E-state index contributed by atoms with van der Waals surface area (Å²) in [6.45, 7) is 10.5. The van der Waals surface area contributed by atoms with Crippen LogP contribution >= 0.6 is 11.6 Å². The van der Waals surface area contributed by atoms with E-state index in [-0.39, 0.29) is 28.4 Å². The maximum atomic E-state index is 14.1. The topological polar surface area (TPSA) is 100 Å². The van der Waals surface area contributed by atoms with Gasteiger partial charge in [0.1, 0.15) is 17.7 Å². The van der Waals surface area contributed by atoms with E-state index >= 15 is 0 Å². The Bertz CT molecular complexity index is 2020. The third-order valence-electron chi connectivity index (χ3n) is 13.5. The average molecular weight is 787 g/mol. The predicted molar refractivity (Wildman–Crippen MR) is 222 cm³/mol. The molecular weight excluding hydrogens is 732 g/mol. The zero-order valence-electron chi connectivity index (χ0n) is 32.4. The number of amides is 1. The molecule has 2 fully saturated rings. The number of benzene rings is 2. The SMILES string of the molecule is C=S1(=O)NC(=O)c2ccc3c(c2)N(C[C@@H]2CC[C@H]2[C@@](CN2CCN(c4cncnc4)CC2)(OC)/C=C/C[C@H](C)[C@H]1C)C[C@@]1(CCCc2cc(Cl)ccc21)CO3. The zero-order chi connectivity index (χ0) is 38.4. The van der Waals surface area contributed by atoms with Gasteiger partial charge in [-0.05, 0) is 111 Å². The number of aryl methyl sites for hydroxylation is 1. The third-order valence-corrected chi connectivity index (χ3v) is 15.9. The Labute approximate surface area is 331 Å². The van der Waals surface area contributed by atoms with Crippen molar-refractivity contribution in [3.63, 3.8) is 0 Å². The maximum Gasteiger partial charge on any atom is 0.262 e. The molecule has 0 radical (unpaired) electrons. The van der Waals surface area contributed by atoms with Gasteiger partial charge in [-0.2, -0.15) is 0 Å². The van der Waals surface area contributed by atoms with Gasteiger partial charge in [-0.15, -0.1) is 0 Å². The van der Waals surface area contributed by atoms with Crippen LogP contribution in [0, 0.1) is 17.8 Å². The summed E-state index contributed by atoms with van der Waals surface area (Å²) in [5.41, 5.74) is 4.26. The Hall–Kier alpha value is -3.64. The summed E-state index contributed by atoms with van der Waals surface area (Å²) in [6, 6.07) is 12.0. The van der Waals surface area contributed by atoms with E-state index in [0.29, 0.717) is 24.5 Å². The number of carbonyl (C=O) groups excluding carboxylic acids is 1. The van der Waals surface area contributed by atoms with Gasteiger partial charge in [-0.1, -0.05) is 36.7 Å². The molecule has 2 aliphatic carbocycles. The van der Waals surface area contributed by atoms with Crippen molar-refractivity contribution in [2.24, 2.45) is 17.8 Å². The lowest BCUT2D eigenvalue weighted by molar-refractivity contribution is -0.0919. The maximum absolute atomic E-state index is 14.1. The fraction of sp³-hybridized carbons (Fsp3) is 0.535. The van der Waals surface area contributed by atoms with Gasteiger partial charge in [-0.3, -0.25) is 14.4 Å². The molecule has 1 amide bonds. The van der Waals surface area contributed by atoms with E-state index < -0.39 is 15.3 Å². The molecule has 1 saturated heterocycles. The summed E-state index contributed by atoms with van der Waals surface area (Å²) in [6.07, 6.45) is 15.8. The van der Waals surface area contributed by atoms with Crippen LogP contribution in [0.2, 0.25) is 5.02 Å². The highest BCUT2D eigenvalue weighted by atomic mass is 35.5. The highest BCUT2D eigenvalue weighted by Gasteiger charge is 2.50. The number of piperazine rings is 1. The lowest BCUT2D eigenvalue weighted by atomic mass is 9.63. The Balaban J connectivity index is 1.16. The molecule has 294 valence electrons. The molecule has 1 aromatic heterocycles. The lowest BCUT2D eigenvalue weighted by Gasteiger charge is -2.52. The quantitative estimate of drug-likeness (QED) is 0.246. The fourth-order valence-electron chi connectivity index (χ4n) is 9.87. The monoisotopic (exact) mass is 786 g/mol. The van der Waals surface area contributed by atoms with Crippen molar-refractivity contribution < 1.29 is 18.5 Å². The Morgan fingerprint density at radius 1 is 1.07 bits per heavy atom. The van der Waals surface area contributed by atoms with Crippen LogP contribution in [0.15, 0.2) is 67.3 Å². The number of hydrogen-bond acceptors (Lipinski definition) is 9. The summed E-state index contributed by atoms with van der Waals surface area (Å²) < 4.78 is 30.4. The van der Waals surface area contributed by atoms with Crippen LogP contribution in [-0.2, 0) is 26.3 Å². The van der Waals surface area contributed by atoms with Gasteiger partial charge < -0.3 is 19.3 Å². The average Bonchev–Trinajstić information content (AvgIpc) is 3.32. The number of nitrogens with zero attached hydrogens (tertiary/aromatic N) is 5. The molecule has 3 aromatic rings. The number of rotatable bonds is 4. The highest BCUT2D eigenvalue weighted by Crippen LogP contribution is 2.49. The third kappa shape index (κ3) is 7.49. The molecule has 2 aromatic carbocycles. The molecular formula is C43H55ClN6O4S. The second-order valence-corrected chi connectivity index (χ2v) is 19.6. The summed E-state index contributed by atoms with van der Waals surface area (Å²) in [4.78, 5) is 29.7. The van der Waals surface area contributed by atoms with Crippen LogP contribution in [0.3, 0.4) is 0 Å². The van der Waals surface area contributed by atoms with Gasteiger partial charge in [-0.25, -0.2) is 14.2 Å². The van der Waals surface area contributed by atoms with Crippen LogP contribution in [-0.4, -0.2) is 101 Å². The normalized spacial score (nSPS) is 33.3. The van der Waals surface area contributed by atoms with Gasteiger partial charge in [0.05, 0.1) is 40.1 Å². The summed E-state index contributed by atoms with van der Waals surface area (Å²) in [5, 5.41) is 0.412. The first-order valence-electron chi connectivity index (χ1n) is 19.9. The molecule has 5 aliphatic rings. The van der Waals surface area contributed by atoms with Crippen LogP contribution in [0.4, 0.5) is 11.4 Å². The predicted octanol–water partition coefficient (Wildman–Crippen LogP) is 6.18. The van der Waals surface area contributed by atoms with Gasteiger partial charge in [0, 0.05) is 74.2 Å². The van der Waals surface area contributed by atoms with Crippen molar-refractivity contribution >= 4 is 44.5 Å². The van der Waals surface area contributed by atoms with Crippen LogP contribution < -0.4 is 19.3 Å². The van der Waals surface area contributed by atoms with E-state index in [0.717, 1.165) is 100 Å². The van der Waals surface area contributed by atoms with E-state index in [9.17, 15) is 9.00 Å². The number of hydrogen-bond donors (Lipinski definition) is 1. The van der Waals surface area contributed by atoms with Gasteiger partial charge >= 0.3 is 0 Å². The molecule has 3 aliphatic heterocycles. The van der Waals surface area contributed by atoms with Crippen molar-refractivity contribution in [2.75, 3.05) is 69.3 Å². The van der Waals surface area contributed by atoms with Crippen LogP contribution in [0.5, 0.6) is 5.75 Å². The van der Waals surface area contributed by atoms with Crippen LogP contribution in [0.25, 0.3) is 0 Å². The first kappa shape index (κ1) is 38.2. The number of anilines is 2. The van der Waals surface area contributed by atoms with E-state index in [1.807, 2.05) is 44.6 Å². The molecule has 1 saturated carbocycles. The molecule has 1 unspecified atom stereocenters. The van der Waals surface area contributed by atoms with Crippen LogP contribution in [0.1, 0.15) is 67.4 Å². The van der Waals surface area contributed by atoms with Gasteiger partial charge in [0.2, 0.25) is 0 Å². The molecule has 8 rings (SSSR count). The van der Waals surface area contributed by atoms with E-state index in [1.54, 1.807) is 12.4 Å². The smallest absolute Gasteiger partial charge is 0.262 e. The van der Waals surface area contributed by atoms with E-state index in [1.165, 1.54) is 11.1 Å². The Morgan fingerprint density at radius 2 is 1.87 bits per heavy atom. The van der Waals surface area contributed by atoms with Crippen molar-refractivity contribution in [1.82, 2.24) is 19.6 Å². The standard InChI is InChI=1S/C43H55ClN6O4S/c1-30-7-5-16-43(53-3,27-48-17-19-49(20-18-48)36-23-45-29-46-24-36)38-12-9-34(38)25-50-26-42(15-6-8-32-21-35(44)11-13-37(32)42)28-54-40-14-10-33(22-39(40)50)41(51)47-55(4,52)31(30)2/h5,10-11,13-14,16,21-24,29-31,34,38H,4,6-9,12,15,17-20,25-28H2,1-3H3,(H,47,51,52)/b16-5+/t30-,31+,34-,38+,42-,43+,55?/m0/s1. The lowest BCUT2D eigenvalue weighted by Crippen LogP contribution is -2.59. The van der Waals surface area contributed by atoms with Crippen molar-refractivity contribution in [1.29, 1.82) is 0 Å². The Kier molecular flexibility index (Phi) is 10.7. The molecule has 7 atom stereocenters. The molecule has 1 N–H and O–H groups in total. The minimum atomic E-state index is -2.97. The molecule has 12 heteroatoms. The zero-order valence-corrected chi connectivity index (χ0v) is 34.0. The second-order valence-electron chi connectivity index (χ2n) is 16.7. The first-order valence-corrected chi connectivity index (χ1v) is 22.1. The highest BCUT2D eigenvalue weighted by molar-refractivity contribution is 7.99. The Morgan fingerprint density at radius 3 is 2.62 bits per heavy atom. The molecule has 1 spiro atoms. The van der Waals surface area contributed by atoms with Crippen molar-refractivity contribution in [3.05, 3.63) is 89.0 Å². The molecule has 55 heavy (non-hydrogen) atoms. The largest absolute Gasteiger partial charge is 0.490 e. The number of halogens is 1. The van der Waals surface area contributed by atoms with Crippen molar-refractivity contribution in [3.8, 4) is 5.75 Å². The number of methoxy groups -OCH3 is 1. The van der Waals surface area contributed by atoms with Gasteiger partial charge in [0.15, 0.2) is 0 Å². The minimum Gasteiger partial charge on any atom is -0.490 e. The number of ether oxygens (including phenoxy) is 2. The fourth-order valence-corrected chi connectivity index (χ4v) is 11.5. The summed E-state index contributed by atoms with van der Waals surface area (Å²) >= 11 is 6.53. The summed E-state index contributed by atoms with van der Waals surface area (Å²) in [5.74, 6) is 5.11. The number of allylic oxidation sites excluding steroid dienone is 1. The molecule has 2 bridgehead atoms. The second kappa shape index (κ2) is 15.4. The molecule has 10 nitrogen and oxygen atoms in total. The van der Waals surface area contributed by atoms with E-state index in [4.69, 9.17) is 21.1 Å². The van der Waals surface area contributed by atoms with Gasteiger partial charge in [0.25, 0.3) is 5.91 Å². The number of nitrogens with one attached hydrogen (secondary N) is 1. The first-order chi connectivity index (χ1) is 26.5. The number of fused-ring (bicyclic) bond motifs is 4. The number of carbonyl (C=O) groups is 1. The number of aromatic nitrogens is 2. The van der Waals surface area contributed by atoms with Crippen molar-refractivity contribution in [2.45, 2.75) is 68.6 Å². The minimum absolute atomic E-state index is 0.0122. The molecule has 4 heterocycles. The summed E-state index contributed by atoms with van der Waals surface area (Å²) in [7, 11) is -1.10.